The van der Waals surface area contributed by atoms with Crippen LogP contribution >= 0.6 is 0 Å². The summed E-state index contributed by atoms with van der Waals surface area (Å²) in [7, 11) is 1.57. The third kappa shape index (κ3) is 5.38. The molecule has 0 unspecified atom stereocenters. The first kappa shape index (κ1) is 17.5. The fraction of sp³-hybridized carbons (Fsp3) is 0.588. The van der Waals surface area contributed by atoms with Crippen molar-refractivity contribution in [3.63, 3.8) is 0 Å². The van der Waals surface area contributed by atoms with Crippen LogP contribution in [0.1, 0.15) is 40.5 Å². The van der Waals surface area contributed by atoms with E-state index in [-0.39, 0.29) is 5.91 Å². The van der Waals surface area contributed by atoms with Gasteiger partial charge in [0.1, 0.15) is 11.4 Å². The summed E-state index contributed by atoms with van der Waals surface area (Å²) in [4.78, 5) is 12.3. The van der Waals surface area contributed by atoms with Crippen LogP contribution in [0.3, 0.4) is 0 Å². The first-order valence-corrected chi connectivity index (χ1v) is 7.50. The molecule has 0 aliphatic carbocycles. The SMILES string of the molecule is CCC[C@](C)(OC)C(=O)Nc1ccc(OCC(C)C)cc1. The Hall–Kier alpha value is -1.55. The van der Waals surface area contributed by atoms with Gasteiger partial charge in [0.2, 0.25) is 0 Å². The minimum absolute atomic E-state index is 0.123. The molecule has 0 aliphatic heterocycles. The lowest BCUT2D eigenvalue weighted by Gasteiger charge is -2.26. The van der Waals surface area contributed by atoms with Gasteiger partial charge in [-0.1, -0.05) is 27.2 Å². The van der Waals surface area contributed by atoms with Crippen LogP contribution < -0.4 is 10.1 Å². The summed E-state index contributed by atoms with van der Waals surface area (Å²) in [5, 5.41) is 2.89. The Kier molecular flexibility index (Phi) is 6.69. The molecule has 1 aromatic rings. The highest BCUT2D eigenvalue weighted by atomic mass is 16.5. The van der Waals surface area contributed by atoms with Crippen molar-refractivity contribution in [1.29, 1.82) is 0 Å². The number of ether oxygens (including phenoxy) is 2. The maximum absolute atomic E-state index is 12.3. The van der Waals surface area contributed by atoms with Crippen molar-refractivity contribution in [2.45, 2.75) is 46.1 Å². The van der Waals surface area contributed by atoms with Gasteiger partial charge in [-0.15, -0.1) is 0 Å². The van der Waals surface area contributed by atoms with Crippen LogP contribution in [0.15, 0.2) is 24.3 Å². The number of amides is 1. The van der Waals surface area contributed by atoms with Crippen LogP contribution in [0.5, 0.6) is 5.75 Å². The van der Waals surface area contributed by atoms with Crippen LogP contribution in [-0.2, 0) is 9.53 Å². The first-order valence-electron chi connectivity index (χ1n) is 7.50. The lowest BCUT2D eigenvalue weighted by molar-refractivity contribution is -0.136. The maximum Gasteiger partial charge on any atom is 0.256 e. The van der Waals surface area contributed by atoms with E-state index in [9.17, 15) is 4.79 Å². The van der Waals surface area contributed by atoms with Gasteiger partial charge in [0.15, 0.2) is 0 Å². The molecular weight excluding hydrogens is 266 g/mol. The Morgan fingerprint density at radius 1 is 1.29 bits per heavy atom. The van der Waals surface area contributed by atoms with Gasteiger partial charge in [-0.2, -0.15) is 0 Å². The zero-order valence-electron chi connectivity index (χ0n) is 13.7. The van der Waals surface area contributed by atoms with E-state index in [0.717, 1.165) is 17.9 Å². The van der Waals surface area contributed by atoms with Gasteiger partial charge in [-0.25, -0.2) is 0 Å². The highest BCUT2D eigenvalue weighted by Gasteiger charge is 2.31. The van der Waals surface area contributed by atoms with E-state index in [4.69, 9.17) is 9.47 Å². The van der Waals surface area contributed by atoms with Crippen LogP contribution in [0, 0.1) is 5.92 Å². The van der Waals surface area contributed by atoms with Crippen molar-refractivity contribution in [2.24, 2.45) is 5.92 Å². The molecule has 0 fully saturated rings. The summed E-state index contributed by atoms with van der Waals surface area (Å²) >= 11 is 0. The van der Waals surface area contributed by atoms with E-state index in [1.54, 1.807) is 7.11 Å². The summed E-state index contributed by atoms with van der Waals surface area (Å²) in [6, 6.07) is 7.41. The molecule has 118 valence electrons. The average molecular weight is 293 g/mol. The second-order valence-electron chi connectivity index (χ2n) is 5.87. The Morgan fingerprint density at radius 2 is 1.90 bits per heavy atom. The molecule has 1 aromatic carbocycles. The number of carbonyl (C=O) groups is 1. The van der Waals surface area contributed by atoms with Crippen molar-refractivity contribution in [1.82, 2.24) is 0 Å². The lowest BCUT2D eigenvalue weighted by Crippen LogP contribution is -2.41. The Balaban J connectivity index is 2.64. The number of rotatable bonds is 8. The molecular formula is C17H27NO3. The smallest absolute Gasteiger partial charge is 0.256 e. The molecule has 0 saturated heterocycles. The number of methoxy groups -OCH3 is 1. The van der Waals surface area contributed by atoms with Crippen LogP contribution in [0.2, 0.25) is 0 Å². The van der Waals surface area contributed by atoms with E-state index in [1.807, 2.05) is 38.1 Å². The van der Waals surface area contributed by atoms with Crippen LogP contribution in [0.25, 0.3) is 0 Å². The molecule has 1 atom stereocenters. The lowest BCUT2D eigenvalue weighted by atomic mass is 9.99. The van der Waals surface area contributed by atoms with Crippen LogP contribution in [-0.4, -0.2) is 25.2 Å². The van der Waals surface area contributed by atoms with Crippen molar-refractivity contribution in [3.05, 3.63) is 24.3 Å². The summed E-state index contributed by atoms with van der Waals surface area (Å²) in [6.07, 6.45) is 1.57. The summed E-state index contributed by atoms with van der Waals surface area (Å²) < 4.78 is 11.0. The van der Waals surface area contributed by atoms with E-state index >= 15 is 0 Å². The number of nitrogens with one attached hydrogen (secondary N) is 1. The molecule has 0 aliphatic rings. The zero-order chi connectivity index (χ0) is 15.9. The molecule has 0 heterocycles. The van der Waals surface area contributed by atoms with E-state index < -0.39 is 5.60 Å². The van der Waals surface area contributed by atoms with Gasteiger partial charge in [0, 0.05) is 12.8 Å². The highest BCUT2D eigenvalue weighted by Crippen LogP contribution is 2.21. The van der Waals surface area contributed by atoms with Gasteiger partial charge < -0.3 is 14.8 Å². The predicted octanol–water partition coefficient (Wildman–Crippen LogP) is 3.87. The van der Waals surface area contributed by atoms with Gasteiger partial charge in [0.05, 0.1) is 6.61 Å². The van der Waals surface area contributed by atoms with Gasteiger partial charge in [0.25, 0.3) is 5.91 Å². The quantitative estimate of drug-likeness (QED) is 0.791. The van der Waals surface area contributed by atoms with Crippen molar-refractivity contribution < 1.29 is 14.3 Å². The largest absolute Gasteiger partial charge is 0.493 e. The number of benzene rings is 1. The zero-order valence-corrected chi connectivity index (χ0v) is 13.7. The highest BCUT2D eigenvalue weighted by molar-refractivity contribution is 5.97. The average Bonchev–Trinajstić information content (AvgIpc) is 2.46. The Labute approximate surface area is 127 Å². The Bertz CT molecular complexity index is 442. The van der Waals surface area contributed by atoms with Crippen molar-refractivity contribution >= 4 is 11.6 Å². The van der Waals surface area contributed by atoms with E-state index in [1.165, 1.54) is 0 Å². The van der Waals surface area contributed by atoms with Crippen molar-refractivity contribution in [2.75, 3.05) is 19.0 Å². The maximum atomic E-state index is 12.3. The molecule has 0 saturated carbocycles. The van der Waals surface area contributed by atoms with E-state index in [2.05, 4.69) is 19.2 Å². The Morgan fingerprint density at radius 3 is 2.38 bits per heavy atom. The molecule has 0 bridgehead atoms. The minimum Gasteiger partial charge on any atom is -0.493 e. The number of anilines is 1. The monoisotopic (exact) mass is 293 g/mol. The van der Waals surface area contributed by atoms with E-state index in [0.29, 0.717) is 18.9 Å². The van der Waals surface area contributed by atoms with Crippen LogP contribution in [0.4, 0.5) is 5.69 Å². The molecule has 1 amide bonds. The fourth-order valence-electron chi connectivity index (χ4n) is 1.95. The second-order valence-corrected chi connectivity index (χ2v) is 5.87. The third-order valence-corrected chi connectivity index (χ3v) is 3.35. The number of carbonyl (C=O) groups excluding carboxylic acids is 1. The molecule has 1 rings (SSSR count). The third-order valence-electron chi connectivity index (χ3n) is 3.35. The summed E-state index contributed by atoms with van der Waals surface area (Å²) in [5.74, 6) is 1.17. The predicted molar refractivity (Wildman–Crippen MR) is 85.7 cm³/mol. The molecule has 0 spiro atoms. The molecule has 21 heavy (non-hydrogen) atoms. The standard InChI is InChI=1S/C17H27NO3/c1-6-11-17(4,20-5)16(19)18-14-7-9-15(10-8-14)21-12-13(2)3/h7-10,13H,6,11-12H2,1-5H3,(H,18,19)/t17-/m0/s1. The molecule has 4 heteroatoms. The normalized spacial score (nSPS) is 13.8. The molecule has 1 N–H and O–H groups in total. The number of hydrogen-bond acceptors (Lipinski definition) is 3. The summed E-state index contributed by atoms with van der Waals surface area (Å²) in [5.41, 5.74) is -0.0436. The molecule has 0 radical (unpaired) electrons. The molecule has 4 nitrogen and oxygen atoms in total. The number of hydrogen-bond donors (Lipinski definition) is 1. The molecule has 0 aromatic heterocycles. The van der Waals surface area contributed by atoms with Crippen molar-refractivity contribution in [3.8, 4) is 5.75 Å². The van der Waals surface area contributed by atoms with Gasteiger partial charge in [-0.3, -0.25) is 4.79 Å². The first-order chi connectivity index (χ1) is 9.91. The minimum atomic E-state index is -0.790. The fourth-order valence-corrected chi connectivity index (χ4v) is 1.95. The van der Waals surface area contributed by atoms with Gasteiger partial charge >= 0.3 is 0 Å². The second kappa shape index (κ2) is 8.03. The van der Waals surface area contributed by atoms with Gasteiger partial charge in [-0.05, 0) is 43.5 Å². The topological polar surface area (TPSA) is 47.6 Å². The summed E-state index contributed by atoms with van der Waals surface area (Å²) in [6.45, 7) is 8.74.